The molecule has 1 saturated carbocycles. The molecular formula is C14H21N3O3S. The Morgan fingerprint density at radius 2 is 2.43 bits per heavy atom. The van der Waals surface area contributed by atoms with Crippen LogP contribution in [0.3, 0.4) is 0 Å². The molecule has 0 radical (unpaired) electrons. The van der Waals surface area contributed by atoms with Gasteiger partial charge in [0.1, 0.15) is 11.4 Å². The topological polar surface area (TPSA) is 84.3 Å². The van der Waals surface area contributed by atoms with Crippen LogP contribution in [0.25, 0.3) is 0 Å². The number of aromatic nitrogens is 2. The van der Waals surface area contributed by atoms with Gasteiger partial charge >= 0.3 is 5.97 Å². The number of hydrogen-bond donors (Lipinski definition) is 2. The number of carbonyl (C=O) groups is 1. The number of nitrogens with one attached hydrogen (secondary N) is 1. The summed E-state index contributed by atoms with van der Waals surface area (Å²) in [6.45, 7) is 3.85. The SMILES string of the molecule is CCOC(=O)c1cnc(SC)nc1N[C@@H]1CCC[C@@]1(C)O. The molecule has 6 nitrogen and oxygen atoms in total. The highest BCUT2D eigenvalue weighted by Crippen LogP contribution is 2.32. The lowest BCUT2D eigenvalue weighted by atomic mass is 10.0. The van der Waals surface area contributed by atoms with Gasteiger partial charge < -0.3 is 15.2 Å². The zero-order valence-electron chi connectivity index (χ0n) is 12.5. The molecule has 0 unspecified atom stereocenters. The first-order valence-corrected chi connectivity index (χ1v) is 8.27. The van der Waals surface area contributed by atoms with Crippen LogP contribution in [-0.2, 0) is 4.74 Å². The Labute approximate surface area is 128 Å². The van der Waals surface area contributed by atoms with Crippen LogP contribution in [0.1, 0.15) is 43.5 Å². The van der Waals surface area contributed by atoms with Gasteiger partial charge in [-0.25, -0.2) is 14.8 Å². The van der Waals surface area contributed by atoms with Crippen molar-refractivity contribution in [2.24, 2.45) is 0 Å². The summed E-state index contributed by atoms with van der Waals surface area (Å²) < 4.78 is 5.03. The molecule has 0 aromatic carbocycles. The third-order valence-corrected chi connectivity index (χ3v) is 4.24. The van der Waals surface area contributed by atoms with Gasteiger partial charge in [-0.15, -0.1) is 0 Å². The second-order valence-corrected chi connectivity index (χ2v) is 6.06. The highest BCUT2D eigenvalue weighted by Gasteiger charge is 2.37. The number of anilines is 1. The third kappa shape index (κ3) is 3.65. The van der Waals surface area contributed by atoms with Crippen molar-refractivity contribution < 1.29 is 14.6 Å². The van der Waals surface area contributed by atoms with E-state index in [4.69, 9.17) is 4.74 Å². The van der Waals surface area contributed by atoms with Gasteiger partial charge in [-0.1, -0.05) is 11.8 Å². The van der Waals surface area contributed by atoms with Crippen LogP contribution in [0.15, 0.2) is 11.4 Å². The van der Waals surface area contributed by atoms with Gasteiger partial charge in [0, 0.05) is 6.20 Å². The fourth-order valence-corrected chi connectivity index (χ4v) is 2.81. The Morgan fingerprint density at radius 3 is 3.00 bits per heavy atom. The summed E-state index contributed by atoms with van der Waals surface area (Å²) in [5.41, 5.74) is -0.492. The fourth-order valence-electron chi connectivity index (χ4n) is 2.47. The monoisotopic (exact) mass is 311 g/mol. The van der Waals surface area contributed by atoms with E-state index >= 15 is 0 Å². The van der Waals surface area contributed by atoms with Gasteiger partial charge in [0.05, 0.1) is 18.2 Å². The number of ether oxygens (including phenoxy) is 1. The van der Waals surface area contributed by atoms with Crippen molar-refractivity contribution in [2.75, 3.05) is 18.2 Å². The molecule has 116 valence electrons. The number of carbonyl (C=O) groups excluding carboxylic acids is 1. The maximum atomic E-state index is 12.0. The van der Waals surface area contributed by atoms with Crippen molar-refractivity contribution in [3.63, 3.8) is 0 Å². The van der Waals surface area contributed by atoms with E-state index in [1.807, 2.05) is 6.26 Å². The van der Waals surface area contributed by atoms with Gasteiger partial charge in [-0.3, -0.25) is 0 Å². The van der Waals surface area contributed by atoms with Gasteiger partial charge in [-0.2, -0.15) is 0 Å². The standard InChI is InChI=1S/C14H21N3O3S/c1-4-20-12(18)9-8-15-13(21-3)17-11(9)16-10-6-5-7-14(10,2)19/h8,10,19H,4-7H2,1-3H3,(H,15,16,17)/t10-,14-/m1/s1. The largest absolute Gasteiger partial charge is 0.462 e. The second kappa shape index (κ2) is 6.62. The van der Waals surface area contributed by atoms with E-state index in [2.05, 4.69) is 15.3 Å². The summed E-state index contributed by atoms with van der Waals surface area (Å²) in [6, 6.07) is -0.129. The van der Waals surface area contributed by atoms with E-state index < -0.39 is 11.6 Å². The maximum absolute atomic E-state index is 12.0. The minimum Gasteiger partial charge on any atom is -0.462 e. The molecule has 2 atom stereocenters. The molecule has 21 heavy (non-hydrogen) atoms. The van der Waals surface area contributed by atoms with E-state index in [9.17, 15) is 9.90 Å². The van der Waals surface area contributed by atoms with E-state index in [1.54, 1.807) is 13.8 Å². The first kappa shape index (κ1) is 16.0. The highest BCUT2D eigenvalue weighted by atomic mass is 32.2. The molecule has 0 saturated heterocycles. The third-order valence-electron chi connectivity index (χ3n) is 3.68. The molecule has 0 spiro atoms. The second-order valence-electron chi connectivity index (χ2n) is 5.29. The number of thioether (sulfide) groups is 1. The average Bonchev–Trinajstić information content (AvgIpc) is 2.78. The van der Waals surface area contributed by atoms with Crippen LogP contribution < -0.4 is 5.32 Å². The Hall–Kier alpha value is -1.34. The maximum Gasteiger partial charge on any atom is 0.343 e. The molecule has 1 fully saturated rings. The lowest BCUT2D eigenvalue weighted by Crippen LogP contribution is -2.40. The van der Waals surface area contributed by atoms with E-state index in [1.165, 1.54) is 18.0 Å². The molecular weight excluding hydrogens is 290 g/mol. The predicted octanol–water partition coefficient (Wildman–Crippen LogP) is 2.09. The molecule has 0 amide bonds. The molecule has 7 heteroatoms. The average molecular weight is 311 g/mol. The molecule has 2 N–H and O–H groups in total. The minimum absolute atomic E-state index is 0.129. The Bertz CT molecular complexity index is 522. The molecule has 1 aliphatic carbocycles. The number of hydrogen-bond acceptors (Lipinski definition) is 7. The van der Waals surface area contributed by atoms with Crippen molar-refractivity contribution in [3.8, 4) is 0 Å². The summed E-state index contributed by atoms with van der Waals surface area (Å²) in [4.78, 5) is 20.5. The lowest BCUT2D eigenvalue weighted by molar-refractivity contribution is 0.0517. The van der Waals surface area contributed by atoms with Gasteiger partial charge in [0.2, 0.25) is 0 Å². The zero-order chi connectivity index (χ0) is 15.5. The summed E-state index contributed by atoms with van der Waals surface area (Å²) >= 11 is 1.40. The van der Waals surface area contributed by atoms with Gasteiger partial charge in [0.25, 0.3) is 0 Å². The van der Waals surface area contributed by atoms with Crippen molar-refractivity contribution in [3.05, 3.63) is 11.8 Å². The number of nitrogens with zero attached hydrogens (tertiary/aromatic N) is 2. The van der Waals surface area contributed by atoms with E-state index in [-0.39, 0.29) is 6.04 Å². The van der Waals surface area contributed by atoms with Crippen LogP contribution in [0.4, 0.5) is 5.82 Å². The van der Waals surface area contributed by atoms with Gasteiger partial charge in [0.15, 0.2) is 5.16 Å². The van der Waals surface area contributed by atoms with E-state index in [0.29, 0.717) is 23.1 Å². The van der Waals surface area contributed by atoms with Crippen LogP contribution >= 0.6 is 11.8 Å². The van der Waals surface area contributed by atoms with Crippen LogP contribution in [0.5, 0.6) is 0 Å². The normalized spacial score (nSPS) is 24.9. The Balaban J connectivity index is 2.28. The molecule has 0 bridgehead atoms. The van der Waals surface area contributed by atoms with Crippen LogP contribution in [-0.4, -0.2) is 45.5 Å². The summed E-state index contributed by atoms with van der Waals surface area (Å²) in [6.07, 6.45) is 5.87. The molecule has 1 aliphatic rings. The zero-order valence-corrected chi connectivity index (χ0v) is 13.4. The number of esters is 1. The van der Waals surface area contributed by atoms with Gasteiger partial charge in [-0.05, 0) is 39.4 Å². The first-order chi connectivity index (χ1) is 9.97. The first-order valence-electron chi connectivity index (χ1n) is 7.05. The van der Waals surface area contributed by atoms with Crippen molar-refractivity contribution in [1.82, 2.24) is 9.97 Å². The summed E-state index contributed by atoms with van der Waals surface area (Å²) in [7, 11) is 0. The Kier molecular flexibility index (Phi) is 5.05. The quantitative estimate of drug-likeness (QED) is 0.489. The highest BCUT2D eigenvalue weighted by molar-refractivity contribution is 7.98. The van der Waals surface area contributed by atoms with Crippen molar-refractivity contribution >= 4 is 23.5 Å². The number of rotatable bonds is 5. The lowest BCUT2D eigenvalue weighted by Gasteiger charge is -2.27. The van der Waals surface area contributed by atoms with Crippen molar-refractivity contribution in [2.45, 2.75) is 49.9 Å². The van der Waals surface area contributed by atoms with Crippen molar-refractivity contribution in [1.29, 1.82) is 0 Å². The van der Waals surface area contributed by atoms with E-state index in [0.717, 1.165) is 19.3 Å². The smallest absolute Gasteiger partial charge is 0.343 e. The Morgan fingerprint density at radius 1 is 1.67 bits per heavy atom. The summed E-state index contributed by atoms with van der Waals surface area (Å²) in [5.74, 6) is -0.0229. The molecule has 0 aliphatic heterocycles. The molecule has 1 heterocycles. The summed E-state index contributed by atoms with van der Waals surface area (Å²) in [5, 5.41) is 14.1. The minimum atomic E-state index is -0.795. The molecule has 2 rings (SSSR count). The fraction of sp³-hybridized carbons (Fsp3) is 0.643. The molecule has 1 aromatic heterocycles. The predicted molar refractivity (Wildman–Crippen MR) is 81.7 cm³/mol. The van der Waals surface area contributed by atoms with Crippen LogP contribution in [0, 0.1) is 0 Å². The van der Waals surface area contributed by atoms with Crippen LogP contribution in [0.2, 0.25) is 0 Å². The molecule has 1 aromatic rings. The number of aliphatic hydroxyl groups is 1.